The van der Waals surface area contributed by atoms with Crippen LogP contribution in [-0.2, 0) is 16.2 Å². The molecular weight excluding hydrogens is 1200 g/mol. The van der Waals surface area contributed by atoms with Gasteiger partial charge in [-0.15, -0.1) is 0 Å². The number of nitrogens with zero attached hydrogens (tertiary/aromatic N) is 2. The van der Waals surface area contributed by atoms with E-state index >= 15 is 0 Å². The van der Waals surface area contributed by atoms with Gasteiger partial charge in [-0.1, -0.05) is 83.9 Å². The van der Waals surface area contributed by atoms with E-state index in [1.54, 1.807) is 0 Å². The van der Waals surface area contributed by atoms with Gasteiger partial charge < -0.3 is 29.3 Å². The minimum absolute atomic E-state index is 0.0306. The fourth-order valence-corrected chi connectivity index (χ4v) is 27.9. The Morgan fingerprint density at radius 1 is 0.313 bits per heavy atom. The van der Waals surface area contributed by atoms with Crippen molar-refractivity contribution < 1.29 is 14.2 Å². The summed E-state index contributed by atoms with van der Waals surface area (Å²) < 4.78 is 22.9. The maximum atomic E-state index is 8.15. The lowest BCUT2D eigenvalue weighted by molar-refractivity contribution is -0.00534. The van der Waals surface area contributed by atoms with E-state index in [4.69, 9.17) is 14.2 Å². The van der Waals surface area contributed by atoms with Crippen molar-refractivity contribution in [3.63, 3.8) is 0 Å². The largest absolute Gasteiger partial charge is 0.458 e. The van der Waals surface area contributed by atoms with E-state index in [2.05, 4.69) is 190 Å². The van der Waals surface area contributed by atoms with E-state index in [1.165, 1.54) is 260 Å². The summed E-state index contributed by atoms with van der Waals surface area (Å²) in [5.41, 5.74) is 34.5. The van der Waals surface area contributed by atoms with Gasteiger partial charge in [-0.05, 0) is 369 Å². The van der Waals surface area contributed by atoms with Crippen LogP contribution in [0.5, 0.6) is 34.5 Å². The van der Waals surface area contributed by atoms with Gasteiger partial charge in [-0.25, -0.2) is 0 Å². The van der Waals surface area contributed by atoms with Gasteiger partial charge in [0, 0.05) is 40.2 Å². The van der Waals surface area contributed by atoms with E-state index in [0.29, 0.717) is 0 Å². The lowest BCUT2D eigenvalue weighted by Gasteiger charge is -2.57. The molecule has 6 heterocycles. The van der Waals surface area contributed by atoms with Crippen LogP contribution in [0.3, 0.4) is 0 Å². The molecule has 12 bridgehead atoms. The molecule has 9 aromatic carbocycles. The number of para-hydroxylation sites is 2. The van der Waals surface area contributed by atoms with Crippen molar-refractivity contribution in [2.45, 2.75) is 173 Å². The number of hydrogen-bond donors (Lipinski definition) is 1. The molecule has 0 amide bonds. The van der Waals surface area contributed by atoms with E-state index < -0.39 is 0 Å². The van der Waals surface area contributed by atoms with E-state index in [9.17, 15) is 0 Å². The summed E-state index contributed by atoms with van der Waals surface area (Å²) in [7, 11) is 0. The molecule has 12 saturated carbocycles. The first-order chi connectivity index (χ1) is 48.2. The molecule has 0 radical (unpaired) electrons. The summed E-state index contributed by atoms with van der Waals surface area (Å²) in [6.07, 6.45) is 24.4. The van der Waals surface area contributed by atoms with Crippen LogP contribution < -0.4 is 78.5 Å². The standard InChI is InChI=1S/C90H86B3N3O3/c1-47-15-49(3)86(50(4)16-47)95-73-36-71-67(91-65-11-7-9-13-77(65)97-80-31-62(28-72(94-71)83(80)91)88-38-53-19-54(39-88)21-55(20-53)40-88)34-68(73)93-70-35-69-74(37-79(70)99-82-33-64(30-76(95)85(82)93)90-44-59-25-60(45-90)27-61(26-59)46-90)96(87-51(5)17-48(2)18-52(87)6)75-29-63(89-41-56-22-57(42-89)24-58(23-56)43-89)32-81-84(75)92(69)66-12-8-10-14-78(66)98-81/h7-18,28-37,53-61,94H,19-27,38-46H2,1-6H3. The number of ether oxygens (including phenoxy) is 3. The summed E-state index contributed by atoms with van der Waals surface area (Å²) in [6, 6.07) is 54.2. The molecule has 99 heavy (non-hydrogen) atoms. The Balaban J connectivity index is 0.773. The quantitative estimate of drug-likeness (QED) is 0.173. The molecule has 9 heteroatoms. The van der Waals surface area contributed by atoms with Gasteiger partial charge in [-0.3, -0.25) is 0 Å². The number of aryl methyl sites for hydroxylation is 6. The number of rotatable bonds is 5. The maximum absolute atomic E-state index is 8.15. The summed E-state index contributed by atoms with van der Waals surface area (Å²) in [5.74, 6) is 13.5. The number of benzene rings is 9. The summed E-state index contributed by atoms with van der Waals surface area (Å²) in [4.78, 5) is 5.49. The molecule has 18 aliphatic rings. The van der Waals surface area contributed by atoms with Gasteiger partial charge in [0.1, 0.15) is 34.5 Å². The third-order valence-electron chi connectivity index (χ3n) is 29.9. The van der Waals surface area contributed by atoms with Crippen LogP contribution in [-0.4, -0.2) is 20.1 Å². The topological polar surface area (TPSA) is 46.2 Å². The summed E-state index contributed by atoms with van der Waals surface area (Å²) >= 11 is 0. The second kappa shape index (κ2) is 19.3. The van der Waals surface area contributed by atoms with Gasteiger partial charge in [0.05, 0.1) is 11.4 Å². The summed E-state index contributed by atoms with van der Waals surface area (Å²) in [6.45, 7) is 13.8. The second-order valence-electron chi connectivity index (χ2n) is 36.3. The SMILES string of the molecule is Cc1cc(C)c(N2c3cc4c(cc3B3c5cc6c(cc5Oc5cc(C78CC9CC(CC(C9)C7)C8)cc2c53)N(c2c(C)cc(C)cc2C)c2cc(C35CC7CC(CC(C7)C3)C5)cc3c2B6c2ccccc2O3)B2c3ccccc3Oc3cc(C56CC7CC(CC(C7)C5)C6)cc(c32)N4)c(C)c1. The van der Waals surface area contributed by atoms with Crippen LogP contribution in [0.2, 0.25) is 0 Å². The lowest BCUT2D eigenvalue weighted by atomic mass is 9.29. The molecule has 0 spiro atoms. The molecule has 12 aliphatic carbocycles. The first kappa shape index (κ1) is 56.7. The lowest BCUT2D eigenvalue weighted by Crippen LogP contribution is -2.65. The van der Waals surface area contributed by atoms with Gasteiger partial charge >= 0.3 is 0 Å². The summed E-state index contributed by atoms with van der Waals surface area (Å²) in [5, 5.41) is 4.35. The van der Waals surface area contributed by atoms with Crippen LogP contribution >= 0.6 is 0 Å². The molecule has 27 rings (SSSR count). The second-order valence-corrected chi connectivity index (χ2v) is 36.3. The molecule has 0 atom stereocenters. The van der Waals surface area contributed by atoms with Gasteiger partial charge in [0.15, 0.2) is 0 Å². The van der Waals surface area contributed by atoms with Crippen LogP contribution in [0.1, 0.15) is 166 Å². The molecule has 0 saturated heterocycles. The van der Waals surface area contributed by atoms with Crippen molar-refractivity contribution >= 4 is 115 Å². The highest BCUT2D eigenvalue weighted by Crippen LogP contribution is 2.65. The van der Waals surface area contributed by atoms with Crippen LogP contribution in [0.25, 0.3) is 0 Å². The number of hydrogen-bond acceptors (Lipinski definition) is 6. The zero-order chi connectivity index (χ0) is 65.2. The van der Waals surface area contributed by atoms with Crippen LogP contribution in [0.15, 0.2) is 133 Å². The Labute approximate surface area is 585 Å². The predicted molar refractivity (Wildman–Crippen MR) is 407 cm³/mol. The Kier molecular flexibility index (Phi) is 11.1. The van der Waals surface area contributed by atoms with Crippen molar-refractivity contribution in [3.8, 4) is 34.5 Å². The monoisotopic (exact) mass is 1290 g/mol. The van der Waals surface area contributed by atoms with E-state index in [-0.39, 0.29) is 36.4 Å². The Bertz CT molecular complexity index is 5040. The zero-order valence-electron chi connectivity index (χ0n) is 58.5. The average Bonchev–Trinajstić information content (AvgIpc) is 0.687. The number of anilines is 8. The molecule has 488 valence electrons. The maximum Gasteiger partial charge on any atom is 0.256 e. The zero-order valence-corrected chi connectivity index (χ0v) is 58.5. The smallest absolute Gasteiger partial charge is 0.256 e. The molecular formula is C90H86B3N3O3. The highest BCUT2D eigenvalue weighted by atomic mass is 16.5. The average molecular weight is 1290 g/mol. The van der Waals surface area contributed by atoms with Crippen molar-refractivity contribution in [1.82, 2.24) is 0 Å². The minimum atomic E-state index is -0.155. The van der Waals surface area contributed by atoms with Gasteiger partial charge in [0.25, 0.3) is 20.1 Å². The van der Waals surface area contributed by atoms with Crippen molar-refractivity contribution in [2.24, 2.45) is 53.3 Å². The van der Waals surface area contributed by atoms with Crippen molar-refractivity contribution in [1.29, 1.82) is 0 Å². The third-order valence-corrected chi connectivity index (χ3v) is 29.9. The van der Waals surface area contributed by atoms with Crippen LogP contribution in [0.4, 0.5) is 45.5 Å². The first-order valence-corrected chi connectivity index (χ1v) is 38.9. The molecule has 1 N–H and O–H groups in total. The Morgan fingerprint density at radius 2 is 0.667 bits per heavy atom. The third kappa shape index (κ3) is 7.69. The Morgan fingerprint density at radius 3 is 1.10 bits per heavy atom. The molecule has 0 unspecified atom stereocenters. The fourth-order valence-electron chi connectivity index (χ4n) is 27.9. The Hall–Kier alpha value is -8.03. The first-order valence-electron chi connectivity index (χ1n) is 38.9. The van der Waals surface area contributed by atoms with Crippen molar-refractivity contribution in [3.05, 3.63) is 184 Å². The van der Waals surface area contributed by atoms with E-state index in [1.807, 2.05) is 0 Å². The molecule has 6 aliphatic heterocycles. The number of nitrogens with one attached hydrogen (secondary N) is 1. The molecule has 12 fully saturated rings. The molecule has 6 nitrogen and oxygen atoms in total. The van der Waals surface area contributed by atoms with Crippen molar-refractivity contribution in [2.75, 3.05) is 15.1 Å². The minimum Gasteiger partial charge on any atom is -0.458 e. The molecule has 0 aromatic heterocycles. The van der Waals surface area contributed by atoms with Gasteiger partial charge in [-0.2, -0.15) is 0 Å². The fraction of sp³-hybridized carbons (Fsp3) is 0.400. The highest BCUT2D eigenvalue weighted by Gasteiger charge is 2.58. The van der Waals surface area contributed by atoms with E-state index in [0.717, 1.165) is 87.8 Å². The van der Waals surface area contributed by atoms with Crippen LogP contribution in [0, 0.1) is 94.8 Å². The van der Waals surface area contributed by atoms with Gasteiger partial charge in [0.2, 0.25) is 0 Å². The predicted octanol–water partition coefficient (Wildman–Crippen LogP) is 16.4. The number of fused-ring (bicyclic) bond motifs is 12. The molecule has 9 aromatic rings. The normalized spacial score (nSPS) is 30.2. The highest BCUT2D eigenvalue weighted by molar-refractivity contribution is 7.03.